The van der Waals surface area contributed by atoms with Crippen molar-refractivity contribution in [1.29, 1.82) is 0 Å². The van der Waals surface area contributed by atoms with Crippen molar-refractivity contribution in [1.82, 2.24) is 0 Å². The highest BCUT2D eigenvalue weighted by molar-refractivity contribution is 14.1. The van der Waals surface area contributed by atoms with Crippen LogP contribution in [0.1, 0.15) is 5.56 Å². The molecule has 0 spiro atoms. The van der Waals surface area contributed by atoms with E-state index in [1.807, 2.05) is 6.07 Å². The summed E-state index contributed by atoms with van der Waals surface area (Å²) < 4.78 is 38.0. The van der Waals surface area contributed by atoms with Gasteiger partial charge in [-0.2, -0.15) is 13.2 Å². The first-order valence-electron chi connectivity index (χ1n) is 4.24. The summed E-state index contributed by atoms with van der Waals surface area (Å²) in [6.07, 6.45) is -4.28. The van der Waals surface area contributed by atoms with Crippen LogP contribution in [0.4, 0.5) is 13.2 Å². The Labute approximate surface area is 98.2 Å². The SMILES string of the molecule is FC(F)(F)c1cc2ccccc2cc1I. The summed E-state index contributed by atoms with van der Waals surface area (Å²) >= 11 is 1.71. The van der Waals surface area contributed by atoms with E-state index in [4.69, 9.17) is 0 Å². The van der Waals surface area contributed by atoms with E-state index in [1.54, 1.807) is 46.9 Å². The molecule has 15 heavy (non-hydrogen) atoms. The van der Waals surface area contributed by atoms with Gasteiger partial charge in [0, 0.05) is 3.57 Å². The minimum atomic E-state index is -4.28. The van der Waals surface area contributed by atoms with Crippen LogP contribution in [-0.4, -0.2) is 0 Å². The number of alkyl halides is 3. The lowest BCUT2D eigenvalue weighted by molar-refractivity contribution is -0.138. The Bertz CT molecular complexity index is 503. The lowest BCUT2D eigenvalue weighted by Crippen LogP contribution is -2.07. The van der Waals surface area contributed by atoms with Gasteiger partial charge < -0.3 is 0 Å². The molecule has 0 bridgehead atoms. The van der Waals surface area contributed by atoms with Gasteiger partial charge in [-0.1, -0.05) is 24.3 Å². The molecule has 0 nitrogen and oxygen atoms in total. The van der Waals surface area contributed by atoms with Crippen LogP contribution >= 0.6 is 22.6 Å². The number of fused-ring (bicyclic) bond motifs is 1. The van der Waals surface area contributed by atoms with Crippen molar-refractivity contribution in [2.45, 2.75) is 6.18 Å². The fraction of sp³-hybridized carbons (Fsp3) is 0.0909. The van der Waals surface area contributed by atoms with E-state index in [1.165, 1.54) is 6.07 Å². The van der Waals surface area contributed by atoms with Crippen molar-refractivity contribution in [2.24, 2.45) is 0 Å². The molecule has 0 N–H and O–H groups in total. The lowest BCUT2D eigenvalue weighted by Gasteiger charge is -2.10. The molecule has 0 saturated heterocycles. The largest absolute Gasteiger partial charge is 0.417 e. The van der Waals surface area contributed by atoms with E-state index < -0.39 is 11.7 Å². The van der Waals surface area contributed by atoms with Crippen LogP contribution in [0.2, 0.25) is 0 Å². The Kier molecular flexibility index (Phi) is 2.62. The van der Waals surface area contributed by atoms with Gasteiger partial charge in [0.25, 0.3) is 0 Å². The molecule has 0 atom stereocenters. The quantitative estimate of drug-likeness (QED) is 0.628. The van der Waals surface area contributed by atoms with Gasteiger partial charge in [-0.15, -0.1) is 0 Å². The van der Waals surface area contributed by atoms with Gasteiger partial charge in [0.05, 0.1) is 5.56 Å². The zero-order valence-electron chi connectivity index (χ0n) is 7.48. The van der Waals surface area contributed by atoms with Crippen LogP contribution < -0.4 is 0 Å². The molecule has 0 amide bonds. The molecule has 4 heteroatoms. The molecule has 0 fully saturated rings. The highest BCUT2D eigenvalue weighted by Crippen LogP contribution is 2.35. The van der Waals surface area contributed by atoms with Crippen molar-refractivity contribution < 1.29 is 13.2 Å². The van der Waals surface area contributed by atoms with Crippen molar-refractivity contribution in [3.05, 3.63) is 45.5 Å². The van der Waals surface area contributed by atoms with Crippen LogP contribution in [0.25, 0.3) is 10.8 Å². The normalized spacial score (nSPS) is 12.0. The first kappa shape index (κ1) is 10.7. The highest BCUT2D eigenvalue weighted by Gasteiger charge is 2.32. The maximum atomic E-state index is 12.6. The second-order valence-corrected chi connectivity index (χ2v) is 4.34. The molecule has 0 aliphatic carbocycles. The van der Waals surface area contributed by atoms with Gasteiger partial charge in [0.1, 0.15) is 0 Å². The van der Waals surface area contributed by atoms with Gasteiger partial charge >= 0.3 is 6.18 Å². The summed E-state index contributed by atoms with van der Waals surface area (Å²) in [5, 5.41) is 1.44. The smallest absolute Gasteiger partial charge is 0.166 e. The van der Waals surface area contributed by atoms with Crippen molar-refractivity contribution in [3.8, 4) is 0 Å². The molecular formula is C11H6F3I. The van der Waals surface area contributed by atoms with Crippen molar-refractivity contribution in [2.75, 3.05) is 0 Å². The molecule has 0 radical (unpaired) electrons. The van der Waals surface area contributed by atoms with E-state index in [0.717, 1.165) is 5.39 Å². The summed E-state index contributed by atoms with van der Waals surface area (Å²) in [5.41, 5.74) is -0.568. The van der Waals surface area contributed by atoms with Gasteiger partial charge in [0.15, 0.2) is 0 Å². The number of rotatable bonds is 0. The second-order valence-electron chi connectivity index (χ2n) is 3.18. The number of hydrogen-bond acceptors (Lipinski definition) is 0. The van der Waals surface area contributed by atoms with E-state index >= 15 is 0 Å². The standard InChI is InChI=1S/C11H6F3I/c12-11(13,14)9-5-7-3-1-2-4-8(7)6-10(9)15/h1-6H. The minimum Gasteiger partial charge on any atom is -0.166 e. The molecule has 0 heterocycles. The molecule has 0 saturated carbocycles. The summed E-state index contributed by atoms with van der Waals surface area (Å²) in [7, 11) is 0. The zero-order chi connectivity index (χ0) is 11.1. The third kappa shape index (κ3) is 2.09. The maximum Gasteiger partial charge on any atom is 0.417 e. The van der Waals surface area contributed by atoms with Crippen molar-refractivity contribution >= 4 is 33.4 Å². The van der Waals surface area contributed by atoms with Gasteiger partial charge in [-0.05, 0) is 45.5 Å². The third-order valence-electron chi connectivity index (χ3n) is 2.14. The van der Waals surface area contributed by atoms with E-state index in [0.29, 0.717) is 5.39 Å². The second kappa shape index (κ2) is 3.66. The maximum absolute atomic E-state index is 12.6. The van der Waals surface area contributed by atoms with Crippen LogP contribution in [0.3, 0.4) is 0 Å². The molecule has 0 aliphatic rings. The summed E-state index contributed by atoms with van der Waals surface area (Å²) in [4.78, 5) is 0. The predicted octanol–water partition coefficient (Wildman–Crippen LogP) is 4.46. The van der Waals surface area contributed by atoms with E-state index in [9.17, 15) is 13.2 Å². The number of hydrogen-bond donors (Lipinski definition) is 0. The average molecular weight is 322 g/mol. The Morgan fingerprint density at radius 2 is 1.47 bits per heavy atom. The molecule has 0 aliphatic heterocycles. The monoisotopic (exact) mass is 322 g/mol. The number of benzene rings is 2. The summed E-state index contributed by atoms with van der Waals surface area (Å²) in [6, 6.07) is 9.77. The first-order chi connectivity index (χ1) is 6.98. The van der Waals surface area contributed by atoms with Gasteiger partial charge in [-0.3, -0.25) is 0 Å². The minimum absolute atomic E-state index is 0.235. The van der Waals surface area contributed by atoms with Crippen LogP contribution in [0, 0.1) is 3.57 Å². The highest BCUT2D eigenvalue weighted by atomic mass is 127. The van der Waals surface area contributed by atoms with E-state index in [-0.39, 0.29) is 3.57 Å². The third-order valence-corrected chi connectivity index (χ3v) is 3.03. The molecule has 0 aromatic heterocycles. The topological polar surface area (TPSA) is 0 Å². The average Bonchev–Trinajstić information content (AvgIpc) is 2.15. The fourth-order valence-corrected chi connectivity index (χ4v) is 2.23. The molecular weight excluding hydrogens is 316 g/mol. The van der Waals surface area contributed by atoms with Crippen LogP contribution in [0.5, 0.6) is 0 Å². The Morgan fingerprint density at radius 1 is 0.933 bits per heavy atom. The molecule has 0 unspecified atom stereocenters. The van der Waals surface area contributed by atoms with Gasteiger partial charge in [-0.25, -0.2) is 0 Å². The number of halogens is 4. The van der Waals surface area contributed by atoms with Crippen molar-refractivity contribution in [3.63, 3.8) is 0 Å². The summed E-state index contributed by atoms with van der Waals surface area (Å²) in [5.74, 6) is 0. The Morgan fingerprint density at radius 3 is 2.00 bits per heavy atom. The molecule has 78 valence electrons. The predicted molar refractivity (Wildman–Crippen MR) is 61.7 cm³/mol. The van der Waals surface area contributed by atoms with E-state index in [2.05, 4.69) is 0 Å². The first-order valence-corrected chi connectivity index (χ1v) is 5.32. The molecule has 2 rings (SSSR count). The fourth-order valence-electron chi connectivity index (χ4n) is 1.43. The Hall–Kier alpha value is -0.780. The van der Waals surface area contributed by atoms with Gasteiger partial charge in [0.2, 0.25) is 0 Å². The zero-order valence-corrected chi connectivity index (χ0v) is 9.63. The van der Waals surface area contributed by atoms with Crippen LogP contribution in [0.15, 0.2) is 36.4 Å². The molecule has 2 aromatic rings. The summed E-state index contributed by atoms with van der Waals surface area (Å²) in [6.45, 7) is 0. The van der Waals surface area contributed by atoms with Crippen LogP contribution in [-0.2, 0) is 6.18 Å². The lowest BCUT2D eigenvalue weighted by atomic mass is 10.1. The Balaban J connectivity index is 2.73. The molecule has 2 aromatic carbocycles.